The van der Waals surface area contributed by atoms with Crippen LogP contribution in [0.1, 0.15) is 11.6 Å². The summed E-state index contributed by atoms with van der Waals surface area (Å²) in [6.07, 6.45) is 0. The van der Waals surface area contributed by atoms with E-state index in [1.54, 1.807) is 24.3 Å². The summed E-state index contributed by atoms with van der Waals surface area (Å²) in [5.74, 6) is -0.918. The molecule has 0 saturated carbocycles. The Labute approximate surface area is 183 Å². The molecule has 1 atom stereocenters. The first-order valence-electron chi connectivity index (χ1n) is 10.3. The first-order chi connectivity index (χ1) is 15.0. The highest BCUT2D eigenvalue weighted by atomic mass is 16.5. The third kappa shape index (κ3) is 5.96. The van der Waals surface area contributed by atoms with Crippen molar-refractivity contribution in [2.75, 3.05) is 64.3 Å². The van der Waals surface area contributed by atoms with Gasteiger partial charge in [0.1, 0.15) is 5.75 Å². The number of hydrogen-bond acceptors (Lipinski definition) is 6. The number of nitrogens with one attached hydrogen (secondary N) is 2. The van der Waals surface area contributed by atoms with Gasteiger partial charge >= 0.3 is 11.8 Å². The van der Waals surface area contributed by atoms with Crippen molar-refractivity contribution in [3.05, 3.63) is 54.1 Å². The van der Waals surface area contributed by atoms with E-state index < -0.39 is 11.8 Å². The van der Waals surface area contributed by atoms with Crippen molar-refractivity contribution in [3.63, 3.8) is 0 Å². The molecule has 2 aromatic rings. The molecule has 31 heavy (non-hydrogen) atoms. The molecule has 1 unspecified atom stereocenters. The van der Waals surface area contributed by atoms with Gasteiger partial charge in [0, 0.05) is 39.4 Å². The molecule has 0 aromatic heterocycles. The zero-order valence-electron chi connectivity index (χ0n) is 18.3. The van der Waals surface area contributed by atoms with Crippen molar-refractivity contribution in [1.82, 2.24) is 10.2 Å². The van der Waals surface area contributed by atoms with E-state index in [0.717, 1.165) is 24.3 Å². The summed E-state index contributed by atoms with van der Waals surface area (Å²) in [7, 11) is 5.50. The maximum absolute atomic E-state index is 12.5. The van der Waals surface area contributed by atoms with Gasteiger partial charge in [-0.3, -0.25) is 14.5 Å². The van der Waals surface area contributed by atoms with Crippen LogP contribution in [0.3, 0.4) is 0 Å². The van der Waals surface area contributed by atoms with Crippen LogP contribution in [0.5, 0.6) is 5.75 Å². The molecule has 3 rings (SSSR count). The van der Waals surface area contributed by atoms with Crippen molar-refractivity contribution >= 4 is 23.2 Å². The summed E-state index contributed by atoms with van der Waals surface area (Å²) in [5.41, 5.74) is 2.64. The predicted molar refractivity (Wildman–Crippen MR) is 121 cm³/mol. The Morgan fingerprint density at radius 2 is 1.74 bits per heavy atom. The van der Waals surface area contributed by atoms with Gasteiger partial charge in [-0.2, -0.15) is 0 Å². The molecule has 2 N–H and O–H groups in total. The van der Waals surface area contributed by atoms with Crippen LogP contribution in [0.2, 0.25) is 0 Å². The highest BCUT2D eigenvalue weighted by Crippen LogP contribution is 2.24. The molecule has 1 aliphatic heterocycles. The molecule has 0 aliphatic carbocycles. The lowest BCUT2D eigenvalue weighted by Crippen LogP contribution is -2.45. The van der Waals surface area contributed by atoms with E-state index in [1.165, 1.54) is 7.11 Å². The molecule has 166 valence electrons. The van der Waals surface area contributed by atoms with Crippen molar-refractivity contribution < 1.29 is 19.1 Å². The number of ether oxygens (including phenoxy) is 2. The number of amides is 2. The molecule has 0 radical (unpaired) electrons. The van der Waals surface area contributed by atoms with E-state index in [-0.39, 0.29) is 6.04 Å². The third-order valence-corrected chi connectivity index (χ3v) is 5.30. The summed E-state index contributed by atoms with van der Waals surface area (Å²) in [6, 6.07) is 15.2. The van der Waals surface area contributed by atoms with Crippen LogP contribution in [0.15, 0.2) is 48.5 Å². The Morgan fingerprint density at radius 1 is 1.06 bits per heavy atom. The molecular formula is C23H30N4O4. The number of morpholine rings is 1. The van der Waals surface area contributed by atoms with Crippen LogP contribution in [-0.2, 0) is 14.3 Å². The minimum Gasteiger partial charge on any atom is -0.495 e. The van der Waals surface area contributed by atoms with Crippen molar-refractivity contribution in [3.8, 4) is 5.75 Å². The van der Waals surface area contributed by atoms with Crippen molar-refractivity contribution in [2.24, 2.45) is 0 Å². The fourth-order valence-electron chi connectivity index (χ4n) is 3.54. The van der Waals surface area contributed by atoms with E-state index in [2.05, 4.69) is 39.8 Å². The largest absolute Gasteiger partial charge is 0.495 e. The lowest BCUT2D eigenvalue weighted by molar-refractivity contribution is -0.136. The Balaban J connectivity index is 1.67. The Hall–Kier alpha value is -3.10. The summed E-state index contributed by atoms with van der Waals surface area (Å²) in [6.45, 7) is 3.15. The molecule has 1 saturated heterocycles. The number of para-hydroxylation sites is 2. The first kappa shape index (κ1) is 22.6. The lowest BCUT2D eigenvalue weighted by Gasteiger charge is -2.35. The normalized spacial score (nSPS) is 15.1. The maximum Gasteiger partial charge on any atom is 0.313 e. The van der Waals surface area contributed by atoms with E-state index in [0.29, 0.717) is 31.2 Å². The van der Waals surface area contributed by atoms with Gasteiger partial charge in [0.2, 0.25) is 0 Å². The molecule has 1 aliphatic rings. The quantitative estimate of drug-likeness (QED) is 0.658. The Kier molecular flexibility index (Phi) is 7.86. The minimum atomic E-state index is -0.729. The van der Waals surface area contributed by atoms with Crippen LogP contribution in [0.4, 0.5) is 11.4 Å². The monoisotopic (exact) mass is 426 g/mol. The Morgan fingerprint density at radius 3 is 2.39 bits per heavy atom. The molecule has 0 bridgehead atoms. The number of carbonyl (C=O) groups excluding carboxylic acids is 2. The smallest absolute Gasteiger partial charge is 0.313 e. The van der Waals surface area contributed by atoms with Gasteiger partial charge in [-0.1, -0.05) is 24.3 Å². The van der Waals surface area contributed by atoms with Gasteiger partial charge in [-0.15, -0.1) is 0 Å². The van der Waals surface area contributed by atoms with E-state index >= 15 is 0 Å². The maximum atomic E-state index is 12.5. The second kappa shape index (κ2) is 10.8. The highest BCUT2D eigenvalue weighted by molar-refractivity contribution is 6.39. The topological polar surface area (TPSA) is 83.1 Å². The van der Waals surface area contributed by atoms with Crippen LogP contribution in [-0.4, -0.2) is 70.8 Å². The van der Waals surface area contributed by atoms with Crippen molar-refractivity contribution in [2.45, 2.75) is 6.04 Å². The first-order valence-corrected chi connectivity index (χ1v) is 10.3. The third-order valence-electron chi connectivity index (χ3n) is 5.30. The van der Waals surface area contributed by atoms with Crippen LogP contribution in [0, 0.1) is 0 Å². The molecule has 2 amide bonds. The number of hydrogen-bond donors (Lipinski definition) is 2. The van der Waals surface area contributed by atoms with Gasteiger partial charge in [-0.05, 0) is 29.8 Å². The second-order valence-corrected chi connectivity index (χ2v) is 7.51. The van der Waals surface area contributed by atoms with Crippen LogP contribution >= 0.6 is 0 Å². The highest BCUT2D eigenvalue weighted by Gasteiger charge is 2.25. The number of nitrogens with zero attached hydrogens (tertiary/aromatic N) is 2. The number of benzene rings is 2. The molecule has 0 spiro atoms. The van der Waals surface area contributed by atoms with Crippen LogP contribution in [0.25, 0.3) is 0 Å². The molecule has 1 heterocycles. The lowest BCUT2D eigenvalue weighted by atomic mass is 10.0. The average Bonchev–Trinajstić information content (AvgIpc) is 2.80. The fraction of sp³-hybridized carbons (Fsp3) is 0.391. The molecule has 8 nitrogen and oxygen atoms in total. The zero-order chi connectivity index (χ0) is 22.2. The van der Waals surface area contributed by atoms with Gasteiger partial charge < -0.3 is 25.0 Å². The van der Waals surface area contributed by atoms with Crippen molar-refractivity contribution in [1.29, 1.82) is 0 Å². The number of carbonyl (C=O) groups is 2. The number of methoxy groups -OCH3 is 1. The van der Waals surface area contributed by atoms with Gasteiger partial charge in [-0.25, -0.2) is 0 Å². The molecule has 8 heteroatoms. The SMILES string of the molecule is COc1ccccc1NC(=O)C(=O)NCC(c1ccc(N(C)C)cc1)N1CCOCC1. The standard InChI is InChI=1S/C23H30N4O4/c1-26(2)18-10-8-17(9-11-18)20(27-12-14-31-15-13-27)16-24-22(28)23(29)25-19-6-4-5-7-21(19)30-3/h4-11,20H,12-16H2,1-3H3,(H,24,28)(H,25,29). The van der Waals surface area contributed by atoms with E-state index in [9.17, 15) is 9.59 Å². The van der Waals surface area contributed by atoms with Gasteiger partial charge in [0.05, 0.1) is 32.1 Å². The molecule has 2 aromatic carbocycles. The van der Waals surface area contributed by atoms with E-state index in [4.69, 9.17) is 9.47 Å². The van der Waals surface area contributed by atoms with Gasteiger partial charge in [0.15, 0.2) is 0 Å². The zero-order valence-corrected chi connectivity index (χ0v) is 18.3. The fourth-order valence-corrected chi connectivity index (χ4v) is 3.54. The average molecular weight is 427 g/mol. The predicted octanol–water partition coefficient (Wildman–Crippen LogP) is 1.89. The second-order valence-electron chi connectivity index (χ2n) is 7.51. The van der Waals surface area contributed by atoms with Crippen LogP contribution < -0.4 is 20.3 Å². The summed E-state index contributed by atoms with van der Waals surface area (Å²) in [5, 5.41) is 5.40. The summed E-state index contributed by atoms with van der Waals surface area (Å²) < 4.78 is 10.7. The molecular weight excluding hydrogens is 396 g/mol. The Bertz CT molecular complexity index is 879. The number of anilines is 2. The molecule has 1 fully saturated rings. The van der Waals surface area contributed by atoms with Gasteiger partial charge in [0.25, 0.3) is 0 Å². The minimum absolute atomic E-state index is 0.0527. The summed E-state index contributed by atoms with van der Waals surface area (Å²) in [4.78, 5) is 29.2. The number of rotatable bonds is 7. The summed E-state index contributed by atoms with van der Waals surface area (Å²) >= 11 is 0. The van der Waals surface area contributed by atoms with E-state index in [1.807, 2.05) is 19.0 Å².